The first kappa shape index (κ1) is 5.72. The summed E-state index contributed by atoms with van der Waals surface area (Å²) in [5.41, 5.74) is 0. The molecule has 3 aliphatic rings. The molecule has 3 fully saturated rings. The van der Waals surface area contributed by atoms with E-state index in [0.717, 1.165) is 18.4 Å². The standard InChI is InChI=1S/C8H14O/c1-2-9-8-6-3-4-7(8)5-6/h6-8H,2-5H2,1H3. The zero-order valence-electron chi connectivity index (χ0n) is 5.97. The highest BCUT2D eigenvalue weighted by Crippen LogP contribution is 2.50. The maximum absolute atomic E-state index is 5.56. The Bertz CT molecular complexity index is 97.1. The quantitative estimate of drug-likeness (QED) is 0.548. The molecule has 0 spiro atoms. The minimum absolute atomic E-state index is 0.676. The molecule has 2 atom stereocenters. The van der Waals surface area contributed by atoms with Gasteiger partial charge in [0.1, 0.15) is 0 Å². The number of fused-ring (bicyclic) bond motifs is 1. The second-order valence-corrected chi connectivity index (χ2v) is 3.25. The van der Waals surface area contributed by atoms with E-state index < -0.39 is 0 Å². The van der Waals surface area contributed by atoms with E-state index in [1.54, 1.807) is 0 Å². The molecule has 1 nitrogen and oxygen atoms in total. The van der Waals surface area contributed by atoms with Crippen molar-refractivity contribution in [3.8, 4) is 0 Å². The molecule has 3 rings (SSSR count). The van der Waals surface area contributed by atoms with E-state index >= 15 is 0 Å². The lowest BCUT2D eigenvalue weighted by molar-refractivity contribution is -0.0527. The summed E-state index contributed by atoms with van der Waals surface area (Å²) in [5.74, 6) is 1.91. The fraction of sp³-hybridized carbons (Fsp3) is 1.00. The first-order valence-corrected chi connectivity index (χ1v) is 4.03. The summed E-state index contributed by atoms with van der Waals surface area (Å²) in [6.45, 7) is 3.01. The van der Waals surface area contributed by atoms with Crippen LogP contribution in [0.2, 0.25) is 0 Å². The van der Waals surface area contributed by atoms with Gasteiger partial charge in [-0.1, -0.05) is 0 Å². The SMILES string of the molecule is CCOC1C2CCC1C2. The number of hydrogen-bond donors (Lipinski definition) is 0. The molecule has 0 N–H and O–H groups in total. The molecule has 52 valence electrons. The summed E-state index contributed by atoms with van der Waals surface area (Å²) in [6.07, 6.45) is 5.02. The van der Waals surface area contributed by atoms with Gasteiger partial charge in [-0.3, -0.25) is 0 Å². The van der Waals surface area contributed by atoms with Gasteiger partial charge in [0, 0.05) is 6.61 Å². The van der Waals surface area contributed by atoms with Gasteiger partial charge in [0.25, 0.3) is 0 Å². The van der Waals surface area contributed by atoms with Crippen LogP contribution in [0, 0.1) is 11.8 Å². The maximum Gasteiger partial charge on any atom is 0.0631 e. The third-order valence-corrected chi connectivity index (χ3v) is 2.80. The van der Waals surface area contributed by atoms with Crippen molar-refractivity contribution in [2.45, 2.75) is 32.3 Å². The highest BCUT2D eigenvalue weighted by Gasteiger charge is 2.47. The third kappa shape index (κ3) is 0.710. The molecule has 0 heterocycles. The fourth-order valence-corrected chi connectivity index (χ4v) is 2.30. The van der Waals surface area contributed by atoms with Gasteiger partial charge in [-0.15, -0.1) is 0 Å². The predicted octanol–water partition coefficient (Wildman–Crippen LogP) is 1.82. The van der Waals surface area contributed by atoms with Crippen LogP contribution < -0.4 is 0 Å². The molecular formula is C8H14O. The van der Waals surface area contributed by atoms with Gasteiger partial charge in [-0.05, 0) is 38.0 Å². The van der Waals surface area contributed by atoms with Gasteiger partial charge in [0.05, 0.1) is 6.10 Å². The molecule has 0 aromatic heterocycles. The molecule has 0 radical (unpaired) electrons. The van der Waals surface area contributed by atoms with E-state index in [1.165, 1.54) is 19.3 Å². The van der Waals surface area contributed by atoms with E-state index in [2.05, 4.69) is 6.92 Å². The maximum atomic E-state index is 5.56. The van der Waals surface area contributed by atoms with E-state index in [1.807, 2.05) is 0 Å². The smallest absolute Gasteiger partial charge is 0.0631 e. The lowest BCUT2D eigenvalue weighted by atomic mass is 9.81. The van der Waals surface area contributed by atoms with Gasteiger partial charge in [-0.2, -0.15) is 0 Å². The highest BCUT2D eigenvalue weighted by molar-refractivity contribution is 4.97. The monoisotopic (exact) mass is 126 g/mol. The van der Waals surface area contributed by atoms with Crippen molar-refractivity contribution in [3.05, 3.63) is 0 Å². The molecule has 0 aliphatic heterocycles. The van der Waals surface area contributed by atoms with E-state index in [-0.39, 0.29) is 0 Å². The number of ether oxygens (including phenoxy) is 1. The van der Waals surface area contributed by atoms with E-state index in [9.17, 15) is 0 Å². The average Bonchev–Trinajstić information content (AvgIpc) is 2.39. The molecule has 3 saturated carbocycles. The van der Waals surface area contributed by atoms with Gasteiger partial charge < -0.3 is 4.74 Å². The molecule has 2 unspecified atom stereocenters. The van der Waals surface area contributed by atoms with Crippen molar-refractivity contribution in [2.24, 2.45) is 11.8 Å². The third-order valence-electron chi connectivity index (χ3n) is 2.80. The molecule has 3 aliphatic carbocycles. The predicted molar refractivity (Wildman–Crippen MR) is 36.2 cm³/mol. The van der Waals surface area contributed by atoms with Crippen molar-refractivity contribution in [1.29, 1.82) is 0 Å². The first-order chi connectivity index (χ1) is 4.42. The van der Waals surface area contributed by atoms with Crippen LogP contribution in [-0.2, 0) is 4.74 Å². The summed E-state index contributed by atoms with van der Waals surface area (Å²) >= 11 is 0. The summed E-state index contributed by atoms with van der Waals surface area (Å²) in [6, 6.07) is 0. The van der Waals surface area contributed by atoms with E-state index in [4.69, 9.17) is 4.74 Å². The highest BCUT2D eigenvalue weighted by atomic mass is 16.5. The molecule has 9 heavy (non-hydrogen) atoms. The average molecular weight is 126 g/mol. The zero-order valence-corrected chi connectivity index (χ0v) is 5.97. The van der Waals surface area contributed by atoms with Gasteiger partial charge >= 0.3 is 0 Å². The molecule has 0 amide bonds. The fourth-order valence-electron chi connectivity index (χ4n) is 2.30. The second kappa shape index (κ2) is 1.98. The van der Waals surface area contributed by atoms with Crippen LogP contribution in [0.1, 0.15) is 26.2 Å². The van der Waals surface area contributed by atoms with Crippen molar-refractivity contribution in [2.75, 3.05) is 6.61 Å². The van der Waals surface area contributed by atoms with Crippen LogP contribution >= 0.6 is 0 Å². The van der Waals surface area contributed by atoms with Crippen LogP contribution in [0.25, 0.3) is 0 Å². The molecule has 2 bridgehead atoms. The number of rotatable bonds is 2. The molecule has 0 aromatic carbocycles. The van der Waals surface area contributed by atoms with Crippen molar-refractivity contribution in [1.82, 2.24) is 0 Å². The lowest BCUT2D eigenvalue weighted by Crippen LogP contribution is -2.36. The van der Waals surface area contributed by atoms with Crippen LogP contribution in [0.15, 0.2) is 0 Å². The van der Waals surface area contributed by atoms with Gasteiger partial charge in [0.2, 0.25) is 0 Å². The van der Waals surface area contributed by atoms with Crippen molar-refractivity contribution in [3.63, 3.8) is 0 Å². The largest absolute Gasteiger partial charge is 0.378 e. The Morgan fingerprint density at radius 2 is 2.00 bits per heavy atom. The Labute approximate surface area is 56.4 Å². The Morgan fingerprint density at radius 3 is 2.44 bits per heavy atom. The molecule has 0 saturated heterocycles. The minimum atomic E-state index is 0.676. The molecule has 1 heteroatoms. The minimum Gasteiger partial charge on any atom is -0.378 e. The van der Waals surface area contributed by atoms with Crippen LogP contribution in [0.5, 0.6) is 0 Å². The number of hydrogen-bond acceptors (Lipinski definition) is 1. The molecule has 0 aromatic rings. The van der Waals surface area contributed by atoms with Crippen molar-refractivity contribution >= 4 is 0 Å². The topological polar surface area (TPSA) is 9.23 Å². The van der Waals surface area contributed by atoms with Gasteiger partial charge in [-0.25, -0.2) is 0 Å². The van der Waals surface area contributed by atoms with Gasteiger partial charge in [0.15, 0.2) is 0 Å². The van der Waals surface area contributed by atoms with Crippen LogP contribution in [0.3, 0.4) is 0 Å². The van der Waals surface area contributed by atoms with Crippen molar-refractivity contribution < 1.29 is 4.74 Å². The zero-order chi connectivity index (χ0) is 6.27. The summed E-state index contributed by atoms with van der Waals surface area (Å²) in [4.78, 5) is 0. The Balaban J connectivity index is 1.88. The first-order valence-electron chi connectivity index (χ1n) is 4.03. The lowest BCUT2D eigenvalue weighted by Gasteiger charge is -2.34. The van der Waals surface area contributed by atoms with Crippen LogP contribution in [-0.4, -0.2) is 12.7 Å². The summed E-state index contributed by atoms with van der Waals surface area (Å²) in [7, 11) is 0. The Morgan fingerprint density at radius 1 is 1.33 bits per heavy atom. The Kier molecular flexibility index (Phi) is 1.26. The summed E-state index contributed by atoms with van der Waals surface area (Å²) in [5, 5.41) is 0. The van der Waals surface area contributed by atoms with Crippen LogP contribution in [0.4, 0.5) is 0 Å². The Hall–Kier alpha value is -0.0400. The normalized spacial score (nSPS) is 47.0. The molecular weight excluding hydrogens is 112 g/mol. The summed E-state index contributed by atoms with van der Waals surface area (Å²) < 4.78 is 5.56. The van der Waals surface area contributed by atoms with E-state index in [0.29, 0.717) is 6.10 Å². The second-order valence-electron chi connectivity index (χ2n) is 3.25.